The number of fused-ring (bicyclic) bond motifs is 1. The lowest BCUT2D eigenvalue weighted by Crippen LogP contribution is -2.24. The van der Waals surface area contributed by atoms with Crippen LogP contribution in [0, 0.1) is 0 Å². The van der Waals surface area contributed by atoms with Crippen LogP contribution in [0.3, 0.4) is 0 Å². The van der Waals surface area contributed by atoms with Gasteiger partial charge in [0, 0.05) is 21.8 Å². The van der Waals surface area contributed by atoms with Crippen molar-refractivity contribution in [3.05, 3.63) is 64.0 Å². The highest BCUT2D eigenvalue weighted by Crippen LogP contribution is 2.19. The van der Waals surface area contributed by atoms with Gasteiger partial charge in [0.1, 0.15) is 0 Å². The molecule has 0 unspecified atom stereocenters. The van der Waals surface area contributed by atoms with Crippen LogP contribution in [0.1, 0.15) is 16.2 Å². The van der Waals surface area contributed by atoms with Gasteiger partial charge in [-0.1, -0.05) is 29.3 Å². The molecule has 7 heteroatoms. The van der Waals surface area contributed by atoms with E-state index >= 15 is 0 Å². The molecule has 0 spiro atoms. The Hall–Kier alpha value is -2.11. The maximum Gasteiger partial charge on any atom is 0.251 e. The zero-order valence-corrected chi connectivity index (χ0v) is 12.3. The van der Waals surface area contributed by atoms with Crippen LogP contribution in [-0.4, -0.2) is 20.5 Å². The number of carbonyl (C=O) groups excluding carboxylic acids is 1. The van der Waals surface area contributed by atoms with Crippen LogP contribution < -0.4 is 5.32 Å². The van der Waals surface area contributed by atoms with E-state index in [0.29, 0.717) is 21.4 Å². The first kappa shape index (κ1) is 13.9. The summed E-state index contributed by atoms with van der Waals surface area (Å²) in [4.78, 5) is 12.1. The Morgan fingerprint density at radius 1 is 1.14 bits per heavy atom. The van der Waals surface area contributed by atoms with E-state index < -0.39 is 0 Å². The fraction of sp³-hybridized carbons (Fsp3) is 0.0714. The van der Waals surface area contributed by atoms with E-state index in [-0.39, 0.29) is 12.5 Å². The summed E-state index contributed by atoms with van der Waals surface area (Å²) in [7, 11) is 0. The second kappa shape index (κ2) is 5.71. The Bertz CT molecular complexity index is 795. The zero-order valence-electron chi connectivity index (χ0n) is 10.8. The van der Waals surface area contributed by atoms with E-state index in [1.54, 1.807) is 18.2 Å². The molecule has 0 aliphatic carbocycles. The summed E-state index contributed by atoms with van der Waals surface area (Å²) in [5.74, 6) is 0.374. The summed E-state index contributed by atoms with van der Waals surface area (Å²) in [6.45, 7) is 0.258. The number of aromatic nitrogens is 3. The van der Waals surface area contributed by atoms with Gasteiger partial charge in [-0.25, -0.2) is 0 Å². The van der Waals surface area contributed by atoms with Gasteiger partial charge in [-0.15, -0.1) is 10.2 Å². The number of hydrogen-bond acceptors (Lipinski definition) is 3. The average Bonchev–Trinajstić information content (AvgIpc) is 2.87. The third kappa shape index (κ3) is 2.99. The summed E-state index contributed by atoms with van der Waals surface area (Å²) in [5, 5.41) is 11.7. The summed E-state index contributed by atoms with van der Waals surface area (Å²) < 4.78 is 1.81. The Morgan fingerprint density at radius 3 is 2.67 bits per heavy atom. The van der Waals surface area contributed by atoms with Gasteiger partial charge in [0.2, 0.25) is 0 Å². The minimum atomic E-state index is -0.271. The monoisotopic (exact) mass is 320 g/mol. The highest BCUT2D eigenvalue weighted by molar-refractivity contribution is 6.35. The van der Waals surface area contributed by atoms with E-state index in [9.17, 15) is 4.79 Å². The van der Waals surface area contributed by atoms with Gasteiger partial charge in [0.25, 0.3) is 5.91 Å². The maximum atomic E-state index is 12.1. The molecule has 106 valence electrons. The SMILES string of the molecule is O=C(NCc1nnc2ccccn12)c1cc(Cl)cc(Cl)c1. The summed E-state index contributed by atoms with van der Waals surface area (Å²) in [6.07, 6.45) is 1.84. The molecule has 3 aromatic rings. The summed E-state index contributed by atoms with van der Waals surface area (Å²) in [6, 6.07) is 10.3. The Kier molecular flexibility index (Phi) is 3.77. The molecule has 0 bridgehead atoms. The number of hydrogen-bond donors (Lipinski definition) is 1. The number of pyridine rings is 1. The van der Waals surface area contributed by atoms with Crippen molar-refractivity contribution < 1.29 is 4.79 Å². The van der Waals surface area contributed by atoms with E-state index in [2.05, 4.69) is 15.5 Å². The maximum absolute atomic E-state index is 12.1. The van der Waals surface area contributed by atoms with Crippen molar-refractivity contribution in [2.75, 3.05) is 0 Å². The fourth-order valence-corrected chi connectivity index (χ4v) is 2.48. The quantitative estimate of drug-likeness (QED) is 0.807. The third-order valence-electron chi connectivity index (χ3n) is 2.92. The minimum absolute atomic E-state index is 0.258. The van der Waals surface area contributed by atoms with Crippen LogP contribution in [-0.2, 0) is 6.54 Å². The minimum Gasteiger partial charge on any atom is -0.345 e. The van der Waals surface area contributed by atoms with E-state index in [0.717, 1.165) is 5.65 Å². The highest BCUT2D eigenvalue weighted by atomic mass is 35.5. The van der Waals surface area contributed by atoms with Crippen LogP contribution in [0.25, 0.3) is 5.65 Å². The van der Waals surface area contributed by atoms with Gasteiger partial charge in [-0.2, -0.15) is 0 Å². The first-order chi connectivity index (χ1) is 10.1. The lowest BCUT2D eigenvalue weighted by atomic mass is 10.2. The van der Waals surface area contributed by atoms with Crippen molar-refractivity contribution in [2.24, 2.45) is 0 Å². The van der Waals surface area contributed by atoms with Crippen molar-refractivity contribution in [1.82, 2.24) is 19.9 Å². The normalized spacial score (nSPS) is 10.8. The molecule has 5 nitrogen and oxygen atoms in total. The largest absolute Gasteiger partial charge is 0.345 e. The number of halogens is 2. The second-order valence-corrected chi connectivity index (χ2v) is 5.26. The summed E-state index contributed by atoms with van der Waals surface area (Å²) in [5.41, 5.74) is 1.13. The van der Waals surface area contributed by atoms with Gasteiger partial charge in [0.15, 0.2) is 11.5 Å². The fourth-order valence-electron chi connectivity index (χ4n) is 1.96. The van der Waals surface area contributed by atoms with Crippen LogP contribution in [0.2, 0.25) is 10.0 Å². The van der Waals surface area contributed by atoms with Crippen molar-refractivity contribution in [3.8, 4) is 0 Å². The molecule has 1 aromatic carbocycles. The van der Waals surface area contributed by atoms with E-state index in [1.807, 2.05) is 28.8 Å². The van der Waals surface area contributed by atoms with Gasteiger partial charge in [-0.05, 0) is 30.3 Å². The standard InChI is InChI=1S/C14H10Cl2N4O/c15-10-5-9(6-11(16)7-10)14(21)17-8-13-19-18-12-3-1-2-4-20(12)13/h1-7H,8H2,(H,17,21). The molecule has 1 amide bonds. The molecule has 0 aliphatic heterocycles. The zero-order chi connectivity index (χ0) is 14.8. The number of nitrogens with one attached hydrogen (secondary N) is 1. The third-order valence-corrected chi connectivity index (χ3v) is 3.35. The highest BCUT2D eigenvalue weighted by Gasteiger charge is 2.10. The van der Waals surface area contributed by atoms with E-state index in [4.69, 9.17) is 23.2 Å². The first-order valence-corrected chi connectivity index (χ1v) is 6.92. The number of amides is 1. The van der Waals surface area contributed by atoms with Crippen LogP contribution in [0.4, 0.5) is 0 Å². The Balaban J connectivity index is 1.76. The molecule has 21 heavy (non-hydrogen) atoms. The smallest absolute Gasteiger partial charge is 0.251 e. The van der Waals surface area contributed by atoms with E-state index in [1.165, 1.54) is 0 Å². The molecule has 0 radical (unpaired) electrons. The lowest BCUT2D eigenvalue weighted by Gasteiger charge is -2.05. The molecule has 2 heterocycles. The predicted molar refractivity (Wildman–Crippen MR) is 80.6 cm³/mol. The van der Waals surface area contributed by atoms with Crippen LogP contribution in [0.15, 0.2) is 42.6 Å². The molecule has 0 atom stereocenters. The molecule has 0 saturated heterocycles. The molecule has 0 aliphatic rings. The van der Waals surface area contributed by atoms with Gasteiger partial charge in [-0.3, -0.25) is 9.20 Å². The van der Waals surface area contributed by atoms with Crippen LogP contribution in [0.5, 0.6) is 0 Å². The number of benzene rings is 1. The molecule has 0 fully saturated rings. The van der Waals surface area contributed by atoms with Crippen molar-refractivity contribution in [3.63, 3.8) is 0 Å². The Morgan fingerprint density at radius 2 is 1.90 bits per heavy atom. The second-order valence-electron chi connectivity index (χ2n) is 4.39. The Labute approximate surface area is 130 Å². The van der Waals surface area contributed by atoms with Crippen molar-refractivity contribution >= 4 is 34.8 Å². The van der Waals surface area contributed by atoms with Crippen molar-refractivity contribution in [1.29, 1.82) is 0 Å². The van der Waals surface area contributed by atoms with Gasteiger partial charge >= 0.3 is 0 Å². The molecular weight excluding hydrogens is 311 g/mol. The predicted octanol–water partition coefficient (Wildman–Crippen LogP) is 2.97. The molecule has 2 aromatic heterocycles. The van der Waals surface area contributed by atoms with Crippen LogP contribution >= 0.6 is 23.2 Å². The molecule has 0 saturated carbocycles. The molecule has 1 N–H and O–H groups in total. The number of rotatable bonds is 3. The topological polar surface area (TPSA) is 59.3 Å². The summed E-state index contributed by atoms with van der Waals surface area (Å²) >= 11 is 11.8. The van der Waals surface area contributed by atoms with Crippen molar-refractivity contribution in [2.45, 2.75) is 6.54 Å². The lowest BCUT2D eigenvalue weighted by molar-refractivity contribution is 0.0950. The first-order valence-electron chi connectivity index (χ1n) is 6.16. The number of nitrogens with zero attached hydrogens (tertiary/aromatic N) is 3. The number of carbonyl (C=O) groups is 1. The molecular formula is C14H10Cl2N4O. The van der Waals surface area contributed by atoms with Gasteiger partial charge in [0.05, 0.1) is 6.54 Å². The average molecular weight is 321 g/mol. The van der Waals surface area contributed by atoms with Gasteiger partial charge < -0.3 is 5.32 Å². The molecule has 3 rings (SSSR count).